The molecule has 0 bridgehead atoms. The number of hydrogen-bond acceptors (Lipinski definition) is 2. The van der Waals surface area contributed by atoms with E-state index in [-0.39, 0.29) is 6.54 Å². The molecule has 0 aliphatic heterocycles. The summed E-state index contributed by atoms with van der Waals surface area (Å²) in [5.74, 6) is 0.537. The van der Waals surface area contributed by atoms with Crippen LogP contribution in [0.25, 0.3) is 0 Å². The smallest absolute Gasteiger partial charge is 0.137 e. The molecule has 0 heterocycles. The Bertz CT molecular complexity index is 293. The molecule has 1 atom stereocenters. The van der Waals surface area contributed by atoms with E-state index in [0.29, 0.717) is 16.3 Å². The van der Waals surface area contributed by atoms with Crippen molar-refractivity contribution in [2.24, 2.45) is 5.73 Å². The summed E-state index contributed by atoms with van der Waals surface area (Å²) in [5.41, 5.74) is 5.66. The van der Waals surface area contributed by atoms with E-state index in [2.05, 4.69) is 0 Å². The van der Waals surface area contributed by atoms with Crippen molar-refractivity contribution >= 4 is 11.6 Å². The summed E-state index contributed by atoms with van der Waals surface area (Å²) in [5, 5.41) is 0.399. The van der Waals surface area contributed by atoms with E-state index in [4.69, 9.17) is 22.1 Å². The number of rotatable bonds is 3. The quantitative estimate of drug-likeness (QED) is 0.819. The summed E-state index contributed by atoms with van der Waals surface area (Å²) in [6.07, 6.45) is -1.16. The Morgan fingerprint density at radius 1 is 1.62 bits per heavy atom. The van der Waals surface area contributed by atoms with Gasteiger partial charge in [-0.2, -0.15) is 0 Å². The van der Waals surface area contributed by atoms with Crippen LogP contribution in [0.1, 0.15) is 11.7 Å². The molecule has 1 aromatic rings. The minimum absolute atomic E-state index is 0.0390. The second kappa shape index (κ2) is 4.44. The van der Waals surface area contributed by atoms with Crippen molar-refractivity contribution < 1.29 is 9.13 Å². The van der Waals surface area contributed by atoms with Gasteiger partial charge in [-0.1, -0.05) is 17.7 Å². The molecule has 0 amide bonds. The van der Waals surface area contributed by atoms with E-state index in [1.165, 1.54) is 13.2 Å². The second-order valence-corrected chi connectivity index (χ2v) is 3.00. The molecule has 0 radical (unpaired) electrons. The summed E-state index contributed by atoms with van der Waals surface area (Å²) in [6, 6.07) is 4.76. The lowest BCUT2D eigenvalue weighted by Crippen LogP contribution is -2.07. The highest BCUT2D eigenvalue weighted by molar-refractivity contribution is 6.32. The fraction of sp³-hybridized carbons (Fsp3) is 0.333. The Labute approximate surface area is 81.4 Å². The molecule has 0 aromatic heterocycles. The first-order valence-electron chi connectivity index (χ1n) is 3.86. The first kappa shape index (κ1) is 10.3. The van der Waals surface area contributed by atoms with Crippen LogP contribution in [0.5, 0.6) is 5.75 Å². The Kier molecular flexibility index (Phi) is 3.51. The highest BCUT2D eigenvalue weighted by Gasteiger charge is 2.09. The van der Waals surface area contributed by atoms with Crippen molar-refractivity contribution in [1.29, 1.82) is 0 Å². The molecule has 2 N–H and O–H groups in total. The predicted molar refractivity (Wildman–Crippen MR) is 50.9 cm³/mol. The van der Waals surface area contributed by atoms with Crippen molar-refractivity contribution in [2.45, 2.75) is 6.17 Å². The van der Waals surface area contributed by atoms with E-state index in [1.54, 1.807) is 12.1 Å². The third kappa shape index (κ3) is 2.32. The molecule has 0 fully saturated rings. The van der Waals surface area contributed by atoms with E-state index in [1.807, 2.05) is 0 Å². The summed E-state index contributed by atoms with van der Waals surface area (Å²) in [6.45, 7) is -0.0390. The van der Waals surface area contributed by atoms with Crippen molar-refractivity contribution in [3.8, 4) is 5.75 Å². The third-order valence-corrected chi connectivity index (χ3v) is 2.04. The topological polar surface area (TPSA) is 35.2 Å². The summed E-state index contributed by atoms with van der Waals surface area (Å²) in [4.78, 5) is 0. The van der Waals surface area contributed by atoms with Crippen molar-refractivity contribution in [2.75, 3.05) is 13.7 Å². The van der Waals surface area contributed by atoms with Crippen LogP contribution in [-0.2, 0) is 0 Å². The number of nitrogens with two attached hydrogens (primary N) is 1. The van der Waals surface area contributed by atoms with Gasteiger partial charge in [0.15, 0.2) is 0 Å². The van der Waals surface area contributed by atoms with Crippen LogP contribution in [-0.4, -0.2) is 13.7 Å². The van der Waals surface area contributed by atoms with Gasteiger partial charge in [0.05, 0.1) is 12.1 Å². The van der Waals surface area contributed by atoms with Gasteiger partial charge in [-0.25, -0.2) is 4.39 Å². The van der Waals surface area contributed by atoms with Crippen LogP contribution in [0.3, 0.4) is 0 Å². The molecule has 4 heteroatoms. The fourth-order valence-electron chi connectivity index (χ4n) is 1.01. The molecular formula is C9H11ClFNO. The standard InChI is InChI=1S/C9H11ClFNO/c1-13-9-3-2-6(4-7(9)10)8(11)5-12/h2-4,8H,5,12H2,1H3. The highest BCUT2D eigenvalue weighted by atomic mass is 35.5. The number of benzene rings is 1. The molecule has 0 saturated carbocycles. The van der Waals surface area contributed by atoms with Crippen molar-refractivity contribution in [3.63, 3.8) is 0 Å². The Morgan fingerprint density at radius 3 is 2.77 bits per heavy atom. The summed E-state index contributed by atoms with van der Waals surface area (Å²) < 4.78 is 18.0. The lowest BCUT2D eigenvalue weighted by Gasteiger charge is -2.08. The maximum absolute atomic E-state index is 13.1. The van der Waals surface area contributed by atoms with Gasteiger partial charge < -0.3 is 10.5 Å². The Hall–Kier alpha value is -0.800. The number of ether oxygens (including phenoxy) is 1. The van der Waals surface area contributed by atoms with E-state index in [9.17, 15) is 4.39 Å². The predicted octanol–water partition coefficient (Wildman–Crippen LogP) is 2.32. The molecular weight excluding hydrogens is 193 g/mol. The van der Waals surface area contributed by atoms with Crippen LogP contribution in [0, 0.1) is 0 Å². The van der Waals surface area contributed by atoms with Crippen LogP contribution in [0.15, 0.2) is 18.2 Å². The summed E-state index contributed by atoms with van der Waals surface area (Å²) >= 11 is 5.80. The van der Waals surface area contributed by atoms with Crippen LogP contribution in [0.2, 0.25) is 5.02 Å². The zero-order chi connectivity index (χ0) is 9.84. The molecule has 1 unspecified atom stereocenters. The van der Waals surface area contributed by atoms with Gasteiger partial charge >= 0.3 is 0 Å². The average Bonchev–Trinajstić information content (AvgIpc) is 2.16. The maximum atomic E-state index is 13.1. The lowest BCUT2D eigenvalue weighted by molar-refractivity contribution is 0.352. The molecule has 0 aliphatic rings. The fourth-order valence-corrected chi connectivity index (χ4v) is 1.28. The third-order valence-electron chi connectivity index (χ3n) is 1.74. The summed E-state index contributed by atoms with van der Waals surface area (Å²) in [7, 11) is 1.51. The van der Waals surface area contributed by atoms with E-state index < -0.39 is 6.17 Å². The number of methoxy groups -OCH3 is 1. The van der Waals surface area contributed by atoms with Gasteiger partial charge in [0, 0.05) is 6.54 Å². The zero-order valence-electron chi connectivity index (χ0n) is 7.26. The van der Waals surface area contributed by atoms with Gasteiger partial charge in [0.1, 0.15) is 11.9 Å². The Balaban J connectivity index is 2.95. The van der Waals surface area contributed by atoms with Crippen molar-refractivity contribution in [3.05, 3.63) is 28.8 Å². The normalized spacial score (nSPS) is 12.6. The maximum Gasteiger partial charge on any atom is 0.137 e. The number of halogens is 2. The van der Waals surface area contributed by atoms with Crippen LogP contribution in [0.4, 0.5) is 4.39 Å². The molecule has 72 valence electrons. The second-order valence-electron chi connectivity index (χ2n) is 2.60. The molecule has 1 aromatic carbocycles. The monoisotopic (exact) mass is 203 g/mol. The average molecular weight is 204 g/mol. The molecule has 1 rings (SSSR count). The zero-order valence-corrected chi connectivity index (χ0v) is 8.01. The van der Waals surface area contributed by atoms with Crippen molar-refractivity contribution in [1.82, 2.24) is 0 Å². The van der Waals surface area contributed by atoms with Gasteiger partial charge in [0.2, 0.25) is 0 Å². The first-order valence-corrected chi connectivity index (χ1v) is 4.24. The highest BCUT2D eigenvalue weighted by Crippen LogP contribution is 2.28. The molecule has 0 saturated heterocycles. The van der Waals surface area contributed by atoms with Gasteiger partial charge in [-0.15, -0.1) is 0 Å². The molecule has 2 nitrogen and oxygen atoms in total. The van der Waals surface area contributed by atoms with Crippen LogP contribution >= 0.6 is 11.6 Å². The van der Waals surface area contributed by atoms with Crippen LogP contribution < -0.4 is 10.5 Å². The lowest BCUT2D eigenvalue weighted by atomic mass is 10.1. The molecule has 0 aliphatic carbocycles. The SMILES string of the molecule is COc1ccc(C(F)CN)cc1Cl. The largest absolute Gasteiger partial charge is 0.495 e. The van der Waals surface area contributed by atoms with Gasteiger partial charge in [-0.3, -0.25) is 0 Å². The van der Waals surface area contributed by atoms with Gasteiger partial charge in [-0.05, 0) is 17.7 Å². The first-order chi connectivity index (χ1) is 6.19. The van der Waals surface area contributed by atoms with E-state index >= 15 is 0 Å². The van der Waals surface area contributed by atoms with E-state index in [0.717, 1.165) is 0 Å². The minimum Gasteiger partial charge on any atom is -0.495 e. The number of alkyl halides is 1. The van der Waals surface area contributed by atoms with Gasteiger partial charge in [0.25, 0.3) is 0 Å². The number of hydrogen-bond donors (Lipinski definition) is 1. The molecule has 13 heavy (non-hydrogen) atoms. The molecule has 0 spiro atoms. The minimum atomic E-state index is -1.16. The Morgan fingerprint density at radius 2 is 2.31 bits per heavy atom.